The number of carbonyl (C=O) groups is 2. The molecule has 1 aliphatic heterocycles. The van der Waals surface area contributed by atoms with Gasteiger partial charge in [-0.05, 0) is 49.9 Å². The molecule has 7 heteroatoms. The average molecular weight is 384 g/mol. The van der Waals surface area contributed by atoms with Crippen molar-refractivity contribution in [3.63, 3.8) is 0 Å². The van der Waals surface area contributed by atoms with E-state index in [0.717, 1.165) is 32.4 Å². The first-order valence-corrected chi connectivity index (χ1v) is 9.06. The predicted octanol–water partition coefficient (Wildman–Crippen LogP) is 2.18. The molecule has 1 aromatic carbocycles. The molecule has 1 aromatic rings. The maximum absolute atomic E-state index is 13.5. The van der Waals surface area contributed by atoms with Crippen molar-refractivity contribution in [2.45, 2.75) is 32.6 Å². The molecule has 2 atom stereocenters. The summed E-state index contributed by atoms with van der Waals surface area (Å²) >= 11 is 0. The summed E-state index contributed by atoms with van der Waals surface area (Å²) in [6.45, 7) is 4.03. The van der Waals surface area contributed by atoms with Crippen LogP contribution < -0.4 is 16.0 Å². The third kappa shape index (κ3) is 4.18. The van der Waals surface area contributed by atoms with Crippen molar-refractivity contribution < 1.29 is 14.0 Å². The van der Waals surface area contributed by atoms with Crippen LogP contribution in [-0.4, -0.2) is 38.0 Å². The number of fused-ring (bicyclic) bond motifs is 1. The lowest BCUT2D eigenvalue weighted by Gasteiger charge is -2.37. The topological polar surface area (TPSA) is 70.2 Å². The van der Waals surface area contributed by atoms with Crippen molar-refractivity contribution in [2.75, 3.05) is 26.2 Å². The number of hydrogen-bond donors (Lipinski definition) is 3. The van der Waals surface area contributed by atoms with E-state index in [0.29, 0.717) is 30.1 Å². The summed E-state index contributed by atoms with van der Waals surface area (Å²) in [6.07, 6.45) is 4.34. The van der Waals surface area contributed by atoms with Crippen LogP contribution in [0.1, 0.15) is 41.6 Å². The third-order valence-corrected chi connectivity index (χ3v) is 5.62. The number of benzene rings is 1. The molecule has 1 aliphatic carbocycles. The Morgan fingerprint density at radius 1 is 1.27 bits per heavy atom. The van der Waals surface area contributed by atoms with Gasteiger partial charge >= 0.3 is 0 Å². The minimum absolute atomic E-state index is 0. The van der Waals surface area contributed by atoms with E-state index in [9.17, 15) is 14.0 Å². The number of rotatable bonds is 5. The summed E-state index contributed by atoms with van der Waals surface area (Å²) in [5.41, 5.74) is 0.526. The Balaban J connectivity index is 0.00000243. The molecule has 5 nitrogen and oxygen atoms in total. The van der Waals surface area contributed by atoms with Crippen molar-refractivity contribution in [1.29, 1.82) is 0 Å². The molecular weight excluding hydrogens is 357 g/mol. The molecule has 2 amide bonds. The summed E-state index contributed by atoms with van der Waals surface area (Å²) in [5.74, 6) is -0.203. The maximum atomic E-state index is 13.5. The minimum Gasteiger partial charge on any atom is -0.354 e. The van der Waals surface area contributed by atoms with Gasteiger partial charge < -0.3 is 16.0 Å². The van der Waals surface area contributed by atoms with E-state index in [4.69, 9.17) is 0 Å². The van der Waals surface area contributed by atoms with Crippen LogP contribution in [0.25, 0.3) is 0 Å². The zero-order valence-corrected chi connectivity index (χ0v) is 15.9. The van der Waals surface area contributed by atoms with Gasteiger partial charge in [-0.3, -0.25) is 9.59 Å². The highest BCUT2D eigenvalue weighted by Crippen LogP contribution is 2.43. The Hall–Kier alpha value is -1.66. The zero-order chi connectivity index (χ0) is 17.9. The van der Waals surface area contributed by atoms with Gasteiger partial charge in [0.25, 0.3) is 5.91 Å². The summed E-state index contributed by atoms with van der Waals surface area (Å²) in [7, 11) is 0. The lowest BCUT2D eigenvalue weighted by molar-refractivity contribution is -0.133. The molecule has 3 rings (SSSR count). The summed E-state index contributed by atoms with van der Waals surface area (Å²) in [6, 6.07) is 4.42. The molecule has 1 saturated carbocycles. The van der Waals surface area contributed by atoms with Crippen LogP contribution in [0.15, 0.2) is 18.2 Å². The standard InChI is InChI=1S/C19H26FN3O2.ClH/c1-13-5-6-14(10-16(13)20)17(24)22-8-9-23-18(25)19-7-3-2-4-15(19)11-21-12-19;/h5-6,10,15,21H,2-4,7-9,11-12H2,1H3,(H,22,24)(H,23,25);1H/t15-,19+;/m0./s1. The maximum Gasteiger partial charge on any atom is 0.251 e. The summed E-state index contributed by atoms with van der Waals surface area (Å²) in [5, 5.41) is 9.06. The first-order chi connectivity index (χ1) is 12.0. The van der Waals surface area contributed by atoms with Gasteiger partial charge in [0.15, 0.2) is 0 Å². The van der Waals surface area contributed by atoms with Gasteiger partial charge in [0.1, 0.15) is 5.82 Å². The van der Waals surface area contributed by atoms with Gasteiger partial charge in [0.05, 0.1) is 5.41 Å². The van der Waals surface area contributed by atoms with E-state index < -0.39 is 5.82 Å². The molecule has 2 fully saturated rings. The molecule has 0 radical (unpaired) electrons. The monoisotopic (exact) mass is 383 g/mol. The van der Waals surface area contributed by atoms with E-state index in [1.165, 1.54) is 12.5 Å². The van der Waals surface area contributed by atoms with Crippen molar-refractivity contribution in [1.82, 2.24) is 16.0 Å². The predicted molar refractivity (Wildman–Crippen MR) is 101 cm³/mol. The number of hydrogen-bond acceptors (Lipinski definition) is 3. The smallest absolute Gasteiger partial charge is 0.251 e. The largest absolute Gasteiger partial charge is 0.354 e. The van der Waals surface area contributed by atoms with Crippen molar-refractivity contribution in [3.8, 4) is 0 Å². The van der Waals surface area contributed by atoms with E-state index in [1.807, 2.05) is 0 Å². The molecule has 3 N–H and O–H groups in total. The molecule has 0 unspecified atom stereocenters. The van der Waals surface area contributed by atoms with Crippen LogP contribution >= 0.6 is 12.4 Å². The van der Waals surface area contributed by atoms with Gasteiger partial charge in [0.2, 0.25) is 5.91 Å². The Bertz CT molecular complexity index is 670. The van der Waals surface area contributed by atoms with Crippen LogP contribution in [-0.2, 0) is 4.79 Å². The number of carbonyl (C=O) groups excluding carboxylic acids is 2. The molecule has 0 spiro atoms. The Morgan fingerprint density at radius 3 is 2.81 bits per heavy atom. The van der Waals surface area contributed by atoms with E-state index in [-0.39, 0.29) is 29.6 Å². The van der Waals surface area contributed by atoms with Gasteiger partial charge in [0, 0.05) is 25.2 Å². The Kier molecular flexibility index (Phi) is 7.01. The lowest BCUT2D eigenvalue weighted by Crippen LogP contribution is -2.49. The average Bonchev–Trinajstić information content (AvgIpc) is 3.06. The number of nitrogens with one attached hydrogen (secondary N) is 3. The van der Waals surface area contributed by atoms with E-state index >= 15 is 0 Å². The quantitative estimate of drug-likeness (QED) is 0.682. The summed E-state index contributed by atoms with van der Waals surface area (Å²) in [4.78, 5) is 24.7. The summed E-state index contributed by atoms with van der Waals surface area (Å²) < 4.78 is 13.5. The molecule has 0 bridgehead atoms. The van der Waals surface area contributed by atoms with Crippen LogP contribution in [0.3, 0.4) is 0 Å². The second-order valence-electron chi connectivity index (χ2n) is 7.21. The fraction of sp³-hybridized carbons (Fsp3) is 0.579. The second-order valence-corrected chi connectivity index (χ2v) is 7.21. The van der Waals surface area contributed by atoms with Crippen LogP contribution in [0.4, 0.5) is 4.39 Å². The fourth-order valence-electron chi connectivity index (χ4n) is 4.05. The molecule has 1 heterocycles. The molecule has 0 aromatic heterocycles. The molecule has 26 heavy (non-hydrogen) atoms. The second kappa shape index (κ2) is 8.82. The zero-order valence-electron chi connectivity index (χ0n) is 15.1. The van der Waals surface area contributed by atoms with E-state index in [1.54, 1.807) is 19.1 Å². The first-order valence-electron chi connectivity index (χ1n) is 9.06. The first kappa shape index (κ1) is 20.6. The van der Waals surface area contributed by atoms with Crippen molar-refractivity contribution >= 4 is 24.2 Å². The van der Waals surface area contributed by atoms with Crippen LogP contribution in [0, 0.1) is 24.1 Å². The molecule has 2 aliphatic rings. The van der Waals surface area contributed by atoms with Crippen LogP contribution in [0.5, 0.6) is 0 Å². The normalized spacial score (nSPS) is 24.3. The number of aryl methyl sites for hydroxylation is 1. The van der Waals surface area contributed by atoms with E-state index in [2.05, 4.69) is 16.0 Å². The molecule has 144 valence electrons. The lowest BCUT2D eigenvalue weighted by atomic mass is 9.67. The molecular formula is C19H27ClFN3O2. The van der Waals surface area contributed by atoms with Gasteiger partial charge in [-0.2, -0.15) is 0 Å². The molecule has 1 saturated heterocycles. The van der Waals surface area contributed by atoms with Crippen LogP contribution in [0.2, 0.25) is 0 Å². The van der Waals surface area contributed by atoms with Gasteiger partial charge in [-0.25, -0.2) is 4.39 Å². The number of halogens is 2. The Labute approximate surface area is 159 Å². The highest BCUT2D eigenvalue weighted by molar-refractivity contribution is 5.94. The highest BCUT2D eigenvalue weighted by atomic mass is 35.5. The van der Waals surface area contributed by atoms with Gasteiger partial charge in [-0.1, -0.05) is 18.9 Å². The van der Waals surface area contributed by atoms with Crippen molar-refractivity contribution in [2.24, 2.45) is 11.3 Å². The fourth-order valence-corrected chi connectivity index (χ4v) is 4.05. The Morgan fingerprint density at radius 2 is 2.04 bits per heavy atom. The minimum atomic E-state index is -0.392. The van der Waals surface area contributed by atoms with Gasteiger partial charge in [-0.15, -0.1) is 12.4 Å². The number of amides is 2. The third-order valence-electron chi connectivity index (χ3n) is 5.62. The highest BCUT2D eigenvalue weighted by Gasteiger charge is 2.49. The SMILES string of the molecule is Cc1ccc(C(=O)NCCNC(=O)[C@@]23CCCC[C@H]2CNC3)cc1F.Cl. The van der Waals surface area contributed by atoms with Crippen molar-refractivity contribution in [3.05, 3.63) is 35.1 Å².